The van der Waals surface area contributed by atoms with Crippen molar-refractivity contribution in [1.82, 2.24) is 9.80 Å². The number of nitrogens with zero attached hydrogens (tertiary/aromatic N) is 2. The maximum absolute atomic E-state index is 13.2. The summed E-state index contributed by atoms with van der Waals surface area (Å²) >= 11 is 0. The third-order valence-electron chi connectivity index (χ3n) is 5.87. The number of likely N-dealkylation sites (N-methyl/N-ethyl adjacent to an activating group) is 1. The quantitative estimate of drug-likeness (QED) is 0.367. The summed E-state index contributed by atoms with van der Waals surface area (Å²) in [5.41, 5.74) is 1.11. The van der Waals surface area contributed by atoms with Crippen molar-refractivity contribution < 1.29 is 24.2 Å². The molecule has 1 aliphatic rings. The second-order valence-electron chi connectivity index (χ2n) is 7.49. The molecule has 7 heteroatoms. The van der Waals surface area contributed by atoms with E-state index in [4.69, 9.17) is 9.47 Å². The number of amides is 1. The van der Waals surface area contributed by atoms with Gasteiger partial charge in [0, 0.05) is 24.2 Å². The number of methoxy groups -OCH3 is 2. The molecule has 1 atom stereocenters. The summed E-state index contributed by atoms with van der Waals surface area (Å²) in [5.74, 6) is -0.478. The molecule has 0 saturated carbocycles. The molecule has 32 heavy (non-hydrogen) atoms. The normalized spacial score (nSPS) is 17.8. The Balaban J connectivity index is 2.18. The summed E-state index contributed by atoms with van der Waals surface area (Å²) in [5, 5.41) is 11.1. The van der Waals surface area contributed by atoms with Gasteiger partial charge in [0.15, 0.2) is 0 Å². The molecule has 1 N–H and O–H groups in total. The minimum atomic E-state index is -0.796. The van der Waals surface area contributed by atoms with E-state index in [0.29, 0.717) is 35.7 Å². The number of benzene rings is 2. The van der Waals surface area contributed by atoms with E-state index in [-0.39, 0.29) is 11.3 Å². The standard InChI is InChI=1S/C25H30N2O5/c1-5-26(6-2)14-15-27-22(19-16-18(31-3)12-13-20(19)32-4)21(24(29)25(27)30)23(28)17-10-8-7-9-11-17/h7-13,16,22,28H,5-6,14-15H2,1-4H3/b23-21+/t22-/m0/s1. The van der Waals surface area contributed by atoms with Crippen LogP contribution < -0.4 is 9.47 Å². The van der Waals surface area contributed by atoms with Gasteiger partial charge in [-0.2, -0.15) is 0 Å². The Morgan fingerprint density at radius 2 is 1.72 bits per heavy atom. The van der Waals surface area contributed by atoms with Crippen molar-refractivity contribution in [1.29, 1.82) is 0 Å². The minimum Gasteiger partial charge on any atom is -0.507 e. The van der Waals surface area contributed by atoms with Crippen LogP contribution in [0.25, 0.3) is 5.76 Å². The number of rotatable bonds is 9. The Kier molecular flexibility index (Phi) is 7.53. The lowest BCUT2D eigenvalue weighted by Gasteiger charge is -2.29. The van der Waals surface area contributed by atoms with Gasteiger partial charge in [-0.1, -0.05) is 44.2 Å². The molecule has 1 aliphatic heterocycles. The number of likely N-dealkylation sites (tertiary alicyclic amines) is 1. The lowest BCUT2D eigenvalue weighted by atomic mass is 9.94. The zero-order chi connectivity index (χ0) is 23.3. The molecule has 0 unspecified atom stereocenters. The highest BCUT2D eigenvalue weighted by molar-refractivity contribution is 6.46. The van der Waals surface area contributed by atoms with Crippen LogP contribution in [0.5, 0.6) is 11.5 Å². The van der Waals surface area contributed by atoms with Crippen molar-refractivity contribution in [3.05, 3.63) is 65.2 Å². The van der Waals surface area contributed by atoms with Gasteiger partial charge >= 0.3 is 0 Å². The van der Waals surface area contributed by atoms with Gasteiger partial charge in [0.2, 0.25) is 0 Å². The highest BCUT2D eigenvalue weighted by Gasteiger charge is 2.47. The van der Waals surface area contributed by atoms with Crippen molar-refractivity contribution in [3.8, 4) is 11.5 Å². The van der Waals surface area contributed by atoms with Crippen LogP contribution in [0.15, 0.2) is 54.1 Å². The third kappa shape index (κ3) is 4.48. The first-order valence-electron chi connectivity index (χ1n) is 10.7. The van der Waals surface area contributed by atoms with Crippen LogP contribution >= 0.6 is 0 Å². The number of ether oxygens (including phenoxy) is 2. The molecule has 1 heterocycles. The molecule has 0 aliphatic carbocycles. The van der Waals surface area contributed by atoms with Gasteiger partial charge in [-0.3, -0.25) is 9.59 Å². The number of aliphatic hydroxyl groups excluding tert-OH is 1. The van der Waals surface area contributed by atoms with Gasteiger partial charge < -0.3 is 24.4 Å². The van der Waals surface area contributed by atoms with Gasteiger partial charge in [-0.05, 0) is 31.3 Å². The van der Waals surface area contributed by atoms with Gasteiger partial charge in [0.1, 0.15) is 17.3 Å². The summed E-state index contributed by atoms with van der Waals surface area (Å²) in [6.07, 6.45) is 0. The largest absolute Gasteiger partial charge is 0.507 e. The molecule has 1 fully saturated rings. The van der Waals surface area contributed by atoms with E-state index in [1.165, 1.54) is 12.0 Å². The maximum atomic E-state index is 13.2. The van der Waals surface area contributed by atoms with Crippen molar-refractivity contribution >= 4 is 17.4 Å². The van der Waals surface area contributed by atoms with Crippen molar-refractivity contribution in [2.75, 3.05) is 40.4 Å². The Morgan fingerprint density at radius 3 is 2.31 bits per heavy atom. The zero-order valence-corrected chi connectivity index (χ0v) is 19.0. The number of hydrogen-bond acceptors (Lipinski definition) is 6. The topological polar surface area (TPSA) is 79.3 Å². The Morgan fingerprint density at radius 1 is 1.03 bits per heavy atom. The van der Waals surface area contributed by atoms with Crippen LogP contribution in [0.3, 0.4) is 0 Å². The molecule has 0 aromatic heterocycles. The molecule has 1 amide bonds. The number of aliphatic hydroxyl groups is 1. The SMILES string of the molecule is CCN(CC)CCN1C(=O)C(=O)/C(=C(/O)c2ccccc2)[C@@H]1c1cc(OC)ccc1OC. The molecule has 3 rings (SSSR count). The number of hydrogen-bond donors (Lipinski definition) is 1. The second-order valence-corrected chi connectivity index (χ2v) is 7.49. The van der Waals surface area contributed by atoms with Gasteiger partial charge in [-0.15, -0.1) is 0 Å². The highest BCUT2D eigenvalue weighted by Crippen LogP contribution is 2.43. The van der Waals surface area contributed by atoms with Crippen molar-refractivity contribution in [2.24, 2.45) is 0 Å². The summed E-state index contributed by atoms with van der Waals surface area (Å²) < 4.78 is 10.9. The van der Waals surface area contributed by atoms with E-state index in [2.05, 4.69) is 18.7 Å². The molecule has 0 radical (unpaired) electrons. The average Bonchev–Trinajstić information content (AvgIpc) is 3.09. The molecular weight excluding hydrogens is 408 g/mol. The van der Waals surface area contributed by atoms with Crippen LogP contribution in [0.1, 0.15) is 31.0 Å². The first-order chi connectivity index (χ1) is 15.5. The van der Waals surface area contributed by atoms with Gasteiger partial charge in [-0.25, -0.2) is 0 Å². The lowest BCUT2D eigenvalue weighted by Crippen LogP contribution is -2.38. The van der Waals surface area contributed by atoms with Crippen LogP contribution in [0.2, 0.25) is 0 Å². The van der Waals surface area contributed by atoms with E-state index in [1.54, 1.807) is 49.6 Å². The smallest absolute Gasteiger partial charge is 0.295 e. The number of carbonyl (C=O) groups excluding carboxylic acids is 2. The predicted octanol–water partition coefficient (Wildman–Crippen LogP) is 3.47. The molecule has 2 aromatic rings. The first kappa shape index (κ1) is 23.3. The molecule has 7 nitrogen and oxygen atoms in total. The lowest BCUT2D eigenvalue weighted by molar-refractivity contribution is -0.140. The first-order valence-corrected chi connectivity index (χ1v) is 10.7. The second kappa shape index (κ2) is 10.3. The van der Waals surface area contributed by atoms with Gasteiger partial charge in [0.05, 0.1) is 25.8 Å². The summed E-state index contributed by atoms with van der Waals surface area (Å²) in [6.45, 7) is 6.71. The summed E-state index contributed by atoms with van der Waals surface area (Å²) in [7, 11) is 3.08. The Labute approximate surface area is 188 Å². The van der Waals surface area contributed by atoms with E-state index in [9.17, 15) is 14.7 Å². The van der Waals surface area contributed by atoms with Crippen LogP contribution in [0.4, 0.5) is 0 Å². The fourth-order valence-electron chi connectivity index (χ4n) is 4.03. The van der Waals surface area contributed by atoms with E-state index >= 15 is 0 Å². The minimum absolute atomic E-state index is 0.0484. The van der Waals surface area contributed by atoms with Crippen LogP contribution in [0, 0.1) is 0 Å². The monoisotopic (exact) mass is 438 g/mol. The van der Waals surface area contributed by atoms with E-state index < -0.39 is 17.7 Å². The predicted molar refractivity (Wildman–Crippen MR) is 123 cm³/mol. The van der Waals surface area contributed by atoms with Crippen LogP contribution in [-0.2, 0) is 9.59 Å². The average molecular weight is 439 g/mol. The van der Waals surface area contributed by atoms with E-state index in [0.717, 1.165) is 13.1 Å². The summed E-state index contributed by atoms with van der Waals surface area (Å²) in [6, 6.07) is 13.2. The van der Waals surface area contributed by atoms with Gasteiger partial charge in [0.25, 0.3) is 11.7 Å². The summed E-state index contributed by atoms with van der Waals surface area (Å²) in [4.78, 5) is 30.0. The molecule has 1 saturated heterocycles. The molecule has 170 valence electrons. The number of ketones is 1. The van der Waals surface area contributed by atoms with E-state index in [1.807, 2.05) is 6.07 Å². The fraction of sp³-hybridized carbons (Fsp3) is 0.360. The zero-order valence-electron chi connectivity index (χ0n) is 19.0. The van der Waals surface area contributed by atoms with Crippen molar-refractivity contribution in [2.45, 2.75) is 19.9 Å². The number of carbonyl (C=O) groups is 2. The van der Waals surface area contributed by atoms with Crippen LogP contribution in [-0.4, -0.2) is 67.0 Å². The Bertz CT molecular complexity index is 999. The fourth-order valence-corrected chi connectivity index (χ4v) is 4.03. The molecule has 0 spiro atoms. The molecule has 2 aromatic carbocycles. The maximum Gasteiger partial charge on any atom is 0.295 e. The third-order valence-corrected chi connectivity index (χ3v) is 5.87. The highest BCUT2D eigenvalue weighted by atomic mass is 16.5. The number of Topliss-reactive ketones (excluding diaryl/α,β-unsaturated/α-hetero) is 1. The van der Waals surface area contributed by atoms with Crippen molar-refractivity contribution in [3.63, 3.8) is 0 Å². The Hall–Kier alpha value is -3.32. The molecule has 0 bridgehead atoms. The molecular formula is C25H30N2O5.